The average molecular weight is 284 g/mol. The Balaban J connectivity index is 1.68. The number of carbonyl (C=O) groups excluding carboxylic acids is 2. The van der Waals surface area contributed by atoms with Crippen LogP contribution >= 0.6 is 0 Å². The quantitative estimate of drug-likeness (QED) is 0.632. The molecular weight excluding hydrogens is 268 g/mol. The van der Waals surface area contributed by atoms with Gasteiger partial charge in [-0.05, 0) is 29.8 Å². The van der Waals surface area contributed by atoms with Gasteiger partial charge in [0, 0.05) is 11.3 Å². The van der Waals surface area contributed by atoms with Gasteiger partial charge in [0.1, 0.15) is 12.9 Å². The van der Waals surface area contributed by atoms with Gasteiger partial charge in [-0.25, -0.2) is 4.79 Å². The van der Waals surface area contributed by atoms with Crippen molar-refractivity contribution >= 4 is 18.1 Å². The van der Waals surface area contributed by atoms with E-state index in [1.807, 2.05) is 30.3 Å². The smallest absolute Gasteiger partial charge is 0.408 e. The second kappa shape index (κ2) is 7.69. The summed E-state index contributed by atoms with van der Waals surface area (Å²) in [5.41, 5.74) is 2.35. The third kappa shape index (κ3) is 4.99. The molecule has 0 aromatic heterocycles. The highest BCUT2D eigenvalue weighted by Crippen LogP contribution is 2.07. The monoisotopic (exact) mass is 284 g/mol. The molecule has 0 atom stereocenters. The number of benzene rings is 2. The maximum absolute atomic E-state index is 11.5. The first kappa shape index (κ1) is 14.6. The first-order valence-electron chi connectivity index (χ1n) is 6.51. The van der Waals surface area contributed by atoms with Crippen molar-refractivity contribution in [3.05, 3.63) is 65.7 Å². The highest BCUT2D eigenvalue weighted by Gasteiger charge is 2.01. The van der Waals surface area contributed by atoms with Gasteiger partial charge in [0.25, 0.3) is 0 Å². The van der Waals surface area contributed by atoms with Gasteiger partial charge in [-0.2, -0.15) is 0 Å². The van der Waals surface area contributed by atoms with Crippen LogP contribution in [0.3, 0.4) is 0 Å². The second-order valence-electron chi connectivity index (χ2n) is 4.33. The van der Waals surface area contributed by atoms with E-state index in [1.54, 1.807) is 24.3 Å². The number of anilines is 1. The SMILES string of the molecule is O=Cc1ccc(NCNC(=O)OCc2ccccc2)cc1. The van der Waals surface area contributed by atoms with Crippen molar-refractivity contribution in [2.45, 2.75) is 6.61 Å². The minimum absolute atomic E-state index is 0.237. The summed E-state index contributed by atoms with van der Waals surface area (Å²) in [7, 11) is 0. The molecule has 0 fully saturated rings. The molecule has 0 saturated heterocycles. The molecule has 2 N–H and O–H groups in total. The molecule has 0 heterocycles. The van der Waals surface area contributed by atoms with E-state index >= 15 is 0 Å². The van der Waals surface area contributed by atoms with E-state index in [1.165, 1.54) is 0 Å². The van der Waals surface area contributed by atoms with E-state index in [0.717, 1.165) is 17.5 Å². The fourth-order valence-corrected chi connectivity index (χ4v) is 1.67. The van der Waals surface area contributed by atoms with Crippen LogP contribution in [0.25, 0.3) is 0 Å². The van der Waals surface area contributed by atoms with Crippen LogP contribution in [-0.2, 0) is 11.3 Å². The molecule has 108 valence electrons. The van der Waals surface area contributed by atoms with Crippen molar-refractivity contribution in [1.82, 2.24) is 5.32 Å². The van der Waals surface area contributed by atoms with Crippen LogP contribution in [0.1, 0.15) is 15.9 Å². The van der Waals surface area contributed by atoms with Crippen molar-refractivity contribution in [1.29, 1.82) is 0 Å². The normalized spacial score (nSPS) is 9.71. The van der Waals surface area contributed by atoms with Crippen molar-refractivity contribution < 1.29 is 14.3 Å². The average Bonchev–Trinajstić information content (AvgIpc) is 2.54. The Bertz CT molecular complexity index is 582. The summed E-state index contributed by atoms with van der Waals surface area (Å²) in [4.78, 5) is 22.0. The lowest BCUT2D eigenvalue weighted by molar-refractivity contribution is 0.112. The zero-order valence-electron chi connectivity index (χ0n) is 11.4. The number of amides is 1. The Hall–Kier alpha value is -2.82. The fourth-order valence-electron chi connectivity index (χ4n) is 1.67. The summed E-state index contributed by atoms with van der Waals surface area (Å²) in [5.74, 6) is 0. The summed E-state index contributed by atoms with van der Waals surface area (Å²) in [6.07, 6.45) is 0.291. The van der Waals surface area contributed by atoms with E-state index in [9.17, 15) is 9.59 Å². The first-order valence-corrected chi connectivity index (χ1v) is 6.51. The molecule has 0 aliphatic heterocycles. The zero-order chi connectivity index (χ0) is 14.9. The molecule has 0 spiro atoms. The van der Waals surface area contributed by atoms with Crippen molar-refractivity contribution in [3.8, 4) is 0 Å². The van der Waals surface area contributed by atoms with E-state index in [4.69, 9.17) is 4.74 Å². The second-order valence-corrected chi connectivity index (χ2v) is 4.33. The summed E-state index contributed by atoms with van der Waals surface area (Å²) in [6.45, 7) is 0.481. The van der Waals surface area contributed by atoms with Crippen LogP contribution in [0.15, 0.2) is 54.6 Å². The maximum Gasteiger partial charge on any atom is 0.408 e. The molecule has 5 heteroatoms. The van der Waals surface area contributed by atoms with Gasteiger partial charge in [0.15, 0.2) is 0 Å². The first-order chi connectivity index (χ1) is 10.3. The molecule has 0 radical (unpaired) electrons. The molecule has 0 aliphatic carbocycles. The van der Waals surface area contributed by atoms with Gasteiger partial charge in [-0.1, -0.05) is 30.3 Å². The largest absolute Gasteiger partial charge is 0.445 e. The molecule has 2 aromatic rings. The lowest BCUT2D eigenvalue weighted by Gasteiger charge is -2.09. The molecule has 0 unspecified atom stereocenters. The zero-order valence-corrected chi connectivity index (χ0v) is 11.4. The number of carbonyl (C=O) groups is 2. The van der Waals surface area contributed by atoms with E-state index in [-0.39, 0.29) is 13.3 Å². The molecule has 1 amide bonds. The molecule has 2 rings (SSSR count). The summed E-state index contributed by atoms with van der Waals surface area (Å²) < 4.78 is 5.07. The lowest BCUT2D eigenvalue weighted by Crippen LogP contribution is -2.29. The van der Waals surface area contributed by atoms with E-state index in [2.05, 4.69) is 10.6 Å². The molecule has 21 heavy (non-hydrogen) atoms. The number of hydrogen-bond donors (Lipinski definition) is 2. The highest BCUT2D eigenvalue weighted by atomic mass is 16.5. The molecule has 2 aromatic carbocycles. The van der Waals surface area contributed by atoms with Crippen molar-refractivity contribution in [2.24, 2.45) is 0 Å². The standard InChI is InChI=1S/C16H16N2O3/c19-10-13-6-8-15(9-7-13)17-12-18-16(20)21-11-14-4-2-1-3-5-14/h1-10,17H,11-12H2,(H,18,20). The number of alkyl carbamates (subject to hydrolysis) is 1. The number of ether oxygens (including phenoxy) is 1. The topological polar surface area (TPSA) is 67.4 Å². The Kier molecular flexibility index (Phi) is 5.34. The predicted octanol–water partition coefficient (Wildman–Crippen LogP) is 2.79. The number of nitrogens with one attached hydrogen (secondary N) is 2. The minimum atomic E-state index is -0.490. The van der Waals surface area contributed by atoms with Gasteiger partial charge in [-0.3, -0.25) is 4.79 Å². The Morgan fingerprint density at radius 2 is 1.76 bits per heavy atom. The Labute approximate surface area is 122 Å². The third-order valence-corrected chi connectivity index (χ3v) is 2.78. The van der Waals surface area contributed by atoms with Crippen LogP contribution in [0.5, 0.6) is 0 Å². The Morgan fingerprint density at radius 3 is 2.43 bits per heavy atom. The Morgan fingerprint density at radius 1 is 1.05 bits per heavy atom. The van der Waals surface area contributed by atoms with Gasteiger partial charge in [-0.15, -0.1) is 0 Å². The minimum Gasteiger partial charge on any atom is -0.445 e. The fraction of sp³-hybridized carbons (Fsp3) is 0.125. The predicted molar refractivity (Wildman–Crippen MR) is 80.1 cm³/mol. The number of hydrogen-bond acceptors (Lipinski definition) is 4. The molecule has 0 bridgehead atoms. The van der Waals surface area contributed by atoms with Crippen LogP contribution in [-0.4, -0.2) is 19.0 Å². The number of aldehydes is 1. The van der Waals surface area contributed by atoms with Gasteiger partial charge in [0.05, 0.1) is 6.67 Å². The summed E-state index contributed by atoms with van der Waals surface area (Å²) in [5, 5.41) is 5.59. The molecule has 5 nitrogen and oxygen atoms in total. The van der Waals surface area contributed by atoms with Crippen LogP contribution < -0.4 is 10.6 Å². The van der Waals surface area contributed by atoms with Gasteiger partial charge >= 0.3 is 6.09 Å². The van der Waals surface area contributed by atoms with Crippen molar-refractivity contribution in [3.63, 3.8) is 0 Å². The van der Waals surface area contributed by atoms with Gasteiger partial charge in [0.2, 0.25) is 0 Å². The molecular formula is C16H16N2O3. The van der Waals surface area contributed by atoms with E-state index in [0.29, 0.717) is 5.56 Å². The third-order valence-electron chi connectivity index (χ3n) is 2.78. The van der Waals surface area contributed by atoms with Crippen LogP contribution in [0, 0.1) is 0 Å². The summed E-state index contributed by atoms with van der Waals surface area (Å²) >= 11 is 0. The van der Waals surface area contributed by atoms with E-state index < -0.39 is 6.09 Å². The summed E-state index contributed by atoms with van der Waals surface area (Å²) in [6, 6.07) is 16.4. The molecule has 0 aliphatic rings. The maximum atomic E-state index is 11.5. The van der Waals surface area contributed by atoms with Crippen LogP contribution in [0.2, 0.25) is 0 Å². The van der Waals surface area contributed by atoms with Crippen LogP contribution in [0.4, 0.5) is 10.5 Å². The number of rotatable bonds is 6. The highest BCUT2D eigenvalue weighted by molar-refractivity contribution is 5.75. The molecule has 0 saturated carbocycles. The van der Waals surface area contributed by atoms with Crippen molar-refractivity contribution in [2.75, 3.05) is 12.0 Å². The van der Waals surface area contributed by atoms with Gasteiger partial charge < -0.3 is 15.4 Å². The lowest BCUT2D eigenvalue weighted by atomic mass is 10.2.